The summed E-state index contributed by atoms with van der Waals surface area (Å²) in [6, 6.07) is 0. The van der Waals surface area contributed by atoms with E-state index in [4.69, 9.17) is 0 Å². The Labute approximate surface area is 70.1 Å². The van der Waals surface area contributed by atoms with Crippen molar-refractivity contribution in [3.63, 3.8) is 0 Å². The Balaban J connectivity index is 2.19. The van der Waals surface area contributed by atoms with Crippen molar-refractivity contribution in [2.45, 2.75) is 28.7 Å². The fourth-order valence-corrected chi connectivity index (χ4v) is 6.50. The summed E-state index contributed by atoms with van der Waals surface area (Å²) >= 11 is 3.64. The molecule has 3 aliphatic carbocycles. The summed E-state index contributed by atoms with van der Waals surface area (Å²) in [7, 11) is -1.79. The highest BCUT2D eigenvalue weighted by Crippen LogP contribution is 2.80. The Morgan fingerprint density at radius 3 is 1.80 bits per heavy atom. The summed E-state index contributed by atoms with van der Waals surface area (Å²) in [6.45, 7) is 3.86. The zero-order chi connectivity index (χ0) is 7.62. The highest BCUT2D eigenvalue weighted by Gasteiger charge is 2.71. The van der Waals surface area contributed by atoms with Crippen LogP contribution in [-0.2, 0) is 4.57 Å². The lowest BCUT2D eigenvalue weighted by Gasteiger charge is -2.69. The van der Waals surface area contributed by atoms with Crippen molar-refractivity contribution in [3.8, 4) is 0 Å². The Hall–Kier alpha value is 0.710. The van der Waals surface area contributed by atoms with E-state index in [1.807, 2.05) is 13.3 Å². The van der Waals surface area contributed by atoms with Gasteiger partial charge in [-0.05, 0) is 32.6 Å². The molecule has 0 aromatic heterocycles. The molecule has 1 nitrogen and oxygen atoms in total. The van der Waals surface area contributed by atoms with Gasteiger partial charge in [-0.15, -0.1) is 0 Å². The third kappa shape index (κ3) is 0.674. The molecule has 10 heavy (non-hydrogen) atoms. The maximum Gasteiger partial charge on any atom is 0.0879 e. The fraction of sp³-hybridized carbons (Fsp3) is 1.00. The topological polar surface area (TPSA) is 17.1 Å². The van der Waals surface area contributed by atoms with E-state index >= 15 is 0 Å². The standard InChI is InChI=1S/C7H12BrOP/c1-10(2,9)7-3-6(8,4-7)5-7/h3-5H2,1-2H3. The second kappa shape index (κ2) is 1.56. The smallest absolute Gasteiger partial charge is 0.0879 e. The lowest BCUT2D eigenvalue weighted by Crippen LogP contribution is -2.67. The minimum Gasteiger partial charge on any atom is -0.324 e. The van der Waals surface area contributed by atoms with Crippen LogP contribution in [0.15, 0.2) is 0 Å². The predicted octanol–water partition coefficient (Wildman–Crippen LogP) is 2.68. The molecule has 0 N–H and O–H groups in total. The van der Waals surface area contributed by atoms with Crippen molar-refractivity contribution in [3.05, 3.63) is 0 Å². The molecule has 3 heteroatoms. The fourth-order valence-electron chi connectivity index (χ4n) is 2.19. The maximum absolute atomic E-state index is 11.7. The van der Waals surface area contributed by atoms with Crippen LogP contribution in [-0.4, -0.2) is 22.8 Å². The summed E-state index contributed by atoms with van der Waals surface area (Å²) < 4.78 is 12.1. The van der Waals surface area contributed by atoms with E-state index < -0.39 is 7.14 Å². The molecule has 0 heterocycles. The number of rotatable bonds is 1. The minimum absolute atomic E-state index is 0.274. The normalized spacial score (nSPS) is 51.5. The van der Waals surface area contributed by atoms with Crippen LogP contribution in [0.3, 0.4) is 0 Å². The summed E-state index contributed by atoms with van der Waals surface area (Å²) in [5.74, 6) is 0. The van der Waals surface area contributed by atoms with E-state index in [9.17, 15) is 4.57 Å². The minimum atomic E-state index is -1.79. The maximum atomic E-state index is 11.7. The number of alkyl halides is 1. The molecular weight excluding hydrogens is 211 g/mol. The molecule has 0 radical (unpaired) electrons. The lowest BCUT2D eigenvalue weighted by molar-refractivity contribution is 0.0925. The van der Waals surface area contributed by atoms with Crippen molar-refractivity contribution in [2.75, 3.05) is 13.3 Å². The van der Waals surface area contributed by atoms with E-state index in [0.717, 1.165) is 19.3 Å². The van der Waals surface area contributed by atoms with Crippen molar-refractivity contribution in [2.24, 2.45) is 0 Å². The molecule has 3 fully saturated rings. The van der Waals surface area contributed by atoms with Crippen LogP contribution in [0, 0.1) is 0 Å². The Morgan fingerprint density at radius 2 is 1.70 bits per heavy atom. The molecule has 0 aliphatic heterocycles. The Kier molecular flexibility index (Phi) is 1.15. The van der Waals surface area contributed by atoms with Crippen LogP contribution in [0.25, 0.3) is 0 Å². The largest absolute Gasteiger partial charge is 0.324 e. The van der Waals surface area contributed by atoms with Gasteiger partial charge in [-0.25, -0.2) is 0 Å². The molecular formula is C7H12BrOP. The Morgan fingerprint density at radius 1 is 1.30 bits per heavy atom. The van der Waals surface area contributed by atoms with Gasteiger partial charge in [0, 0.05) is 9.48 Å². The van der Waals surface area contributed by atoms with Gasteiger partial charge in [0.1, 0.15) is 0 Å². The highest BCUT2D eigenvalue weighted by atomic mass is 79.9. The van der Waals surface area contributed by atoms with Gasteiger partial charge in [-0.1, -0.05) is 15.9 Å². The van der Waals surface area contributed by atoms with Crippen LogP contribution in [0.2, 0.25) is 0 Å². The summed E-state index contributed by atoms with van der Waals surface area (Å²) in [6.07, 6.45) is 3.47. The van der Waals surface area contributed by atoms with E-state index in [1.54, 1.807) is 0 Å². The first kappa shape index (κ1) is 7.36. The van der Waals surface area contributed by atoms with Crippen molar-refractivity contribution in [1.82, 2.24) is 0 Å². The van der Waals surface area contributed by atoms with Gasteiger partial charge in [-0.2, -0.15) is 0 Å². The predicted molar refractivity (Wildman–Crippen MR) is 47.7 cm³/mol. The first-order valence-electron chi connectivity index (χ1n) is 3.61. The zero-order valence-corrected chi connectivity index (χ0v) is 8.84. The van der Waals surface area contributed by atoms with E-state index in [1.165, 1.54) is 0 Å². The Bertz CT molecular complexity index is 210. The van der Waals surface area contributed by atoms with Crippen LogP contribution >= 0.6 is 23.1 Å². The van der Waals surface area contributed by atoms with Crippen LogP contribution in [0.5, 0.6) is 0 Å². The van der Waals surface area contributed by atoms with Gasteiger partial charge in [0.25, 0.3) is 0 Å². The highest BCUT2D eigenvalue weighted by molar-refractivity contribution is 9.10. The summed E-state index contributed by atoms with van der Waals surface area (Å²) in [5, 5.41) is 0.274. The second-order valence-electron chi connectivity index (χ2n) is 4.26. The van der Waals surface area contributed by atoms with Gasteiger partial charge in [0.2, 0.25) is 0 Å². The lowest BCUT2D eigenvalue weighted by atomic mass is 9.55. The summed E-state index contributed by atoms with van der Waals surface area (Å²) in [5.41, 5.74) is 0. The van der Waals surface area contributed by atoms with Gasteiger partial charge in [-0.3, -0.25) is 0 Å². The van der Waals surface area contributed by atoms with Crippen LogP contribution in [0.1, 0.15) is 19.3 Å². The van der Waals surface area contributed by atoms with Crippen molar-refractivity contribution < 1.29 is 4.57 Å². The molecule has 0 amide bonds. The van der Waals surface area contributed by atoms with Gasteiger partial charge < -0.3 is 4.57 Å². The SMILES string of the molecule is CP(C)(=O)C12CC(Br)(C1)C2. The van der Waals surface area contributed by atoms with E-state index in [-0.39, 0.29) is 5.16 Å². The zero-order valence-electron chi connectivity index (χ0n) is 6.35. The molecule has 0 saturated heterocycles. The second-order valence-corrected chi connectivity index (χ2v) is 9.59. The average Bonchev–Trinajstić information content (AvgIpc) is 1.51. The molecule has 0 aromatic rings. The summed E-state index contributed by atoms with van der Waals surface area (Å²) in [4.78, 5) is 0. The first-order chi connectivity index (χ1) is 4.37. The van der Waals surface area contributed by atoms with Gasteiger partial charge in [0.15, 0.2) is 0 Å². The quantitative estimate of drug-likeness (QED) is 0.493. The van der Waals surface area contributed by atoms with Crippen molar-refractivity contribution in [1.29, 1.82) is 0 Å². The number of halogens is 1. The van der Waals surface area contributed by atoms with Crippen LogP contribution in [0.4, 0.5) is 0 Å². The van der Waals surface area contributed by atoms with E-state index in [2.05, 4.69) is 15.9 Å². The molecule has 58 valence electrons. The molecule has 3 rings (SSSR count). The third-order valence-corrected chi connectivity index (χ3v) is 6.68. The van der Waals surface area contributed by atoms with Crippen molar-refractivity contribution >= 4 is 23.1 Å². The molecule has 3 aliphatic rings. The number of hydrogen-bond acceptors (Lipinski definition) is 1. The number of hydrogen-bond donors (Lipinski definition) is 0. The molecule has 0 aromatic carbocycles. The first-order valence-corrected chi connectivity index (χ1v) is 7.01. The molecule has 3 saturated carbocycles. The molecule has 0 unspecified atom stereocenters. The van der Waals surface area contributed by atoms with E-state index in [0.29, 0.717) is 4.32 Å². The molecule has 0 atom stereocenters. The molecule has 0 spiro atoms. The monoisotopic (exact) mass is 222 g/mol. The third-order valence-electron chi connectivity index (χ3n) is 3.08. The average molecular weight is 223 g/mol. The molecule has 2 bridgehead atoms. The van der Waals surface area contributed by atoms with Gasteiger partial charge in [0.05, 0.1) is 7.14 Å². The van der Waals surface area contributed by atoms with Crippen LogP contribution < -0.4 is 0 Å². The van der Waals surface area contributed by atoms with Gasteiger partial charge >= 0.3 is 0 Å².